The Morgan fingerprint density at radius 2 is 1.79 bits per heavy atom. The topological polar surface area (TPSA) is 52.7 Å². The van der Waals surface area contributed by atoms with Gasteiger partial charge in [0.1, 0.15) is 0 Å². The summed E-state index contributed by atoms with van der Waals surface area (Å²) in [6.45, 7) is 0.549. The van der Waals surface area contributed by atoms with Crippen molar-refractivity contribution in [2.24, 2.45) is 0 Å². The van der Waals surface area contributed by atoms with Crippen LogP contribution in [-0.4, -0.2) is 42.5 Å². The zero-order chi connectivity index (χ0) is 16.9. The first-order valence-corrected chi connectivity index (χ1v) is 9.04. The second-order valence-electron chi connectivity index (χ2n) is 6.95. The van der Waals surface area contributed by atoms with Crippen molar-refractivity contribution in [1.82, 2.24) is 10.2 Å². The van der Waals surface area contributed by atoms with Gasteiger partial charge in [0.2, 0.25) is 5.91 Å². The van der Waals surface area contributed by atoms with Gasteiger partial charge in [-0.15, -0.1) is 0 Å². The van der Waals surface area contributed by atoms with Crippen LogP contribution in [0.4, 0.5) is 10.5 Å². The summed E-state index contributed by atoms with van der Waals surface area (Å²) >= 11 is 0. The largest absolute Gasteiger partial charge is 0.333 e. The fourth-order valence-corrected chi connectivity index (χ4v) is 3.75. The van der Waals surface area contributed by atoms with Crippen molar-refractivity contribution in [3.8, 4) is 0 Å². The van der Waals surface area contributed by atoms with Gasteiger partial charge in [-0.2, -0.15) is 0 Å². The van der Waals surface area contributed by atoms with Crippen LogP contribution in [0.25, 0.3) is 0 Å². The predicted molar refractivity (Wildman–Crippen MR) is 95.0 cm³/mol. The molecular weight excluding hydrogens is 302 g/mol. The molecule has 1 saturated carbocycles. The normalized spacial score (nSPS) is 22.3. The van der Waals surface area contributed by atoms with E-state index in [1.807, 2.05) is 42.3 Å². The molecule has 1 aliphatic heterocycles. The Morgan fingerprint density at radius 1 is 1.12 bits per heavy atom. The predicted octanol–water partition coefficient (Wildman–Crippen LogP) is 3.16. The minimum Gasteiger partial charge on any atom is -0.333 e. The van der Waals surface area contributed by atoms with Gasteiger partial charge in [-0.1, -0.05) is 43.9 Å². The second kappa shape index (κ2) is 7.69. The van der Waals surface area contributed by atoms with Crippen molar-refractivity contribution in [1.29, 1.82) is 0 Å². The van der Waals surface area contributed by atoms with Gasteiger partial charge < -0.3 is 15.1 Å². The lowest BCUT2D eigenvalue weighted by Crippen LogP contribution is -2.48. The summed E-state index contributed by atoms with van der Waals surface area (Å²) in [7, 11) is 1.89. The lowest BCUT2D eigenvalue weighted by atomic mass is 10.1. The standard InChI is InChI=1S/C19H27N3O2/c1-21(16-9-5-2-3-6-10-16)19(24)20-15-13-18(23)22(14-15)17-11-7-4-8-12-17/h4,7-8,11-12,15-16H,2-3,5-6,9-10,13-14H2,1H3,(H,20,24)/t15-/m1/s1. The number of nitrogens with one attached hydrogen (secondary N) is 1. The lowest BCUT2D eigenvalue weighted by Gasteiger charge is -2.28. The quantitative estimate of drug-likeness (QED) is 0.866. The van der Waals surface area contributed by atoms with Crippen molar-refractivity contribution in [2.45, 2.75) is 57.0 Å². The molecule has 1 aromatic rings. The van der Waals surface area contributed by atoms with E-state index in [9.17, 15) is 9.59 Å². The van der Waals surface area contributed by atoms with Crippen LogP contribution in [-0.2, 0) is 4.79 Å². The molecule has 0 radical (unpaired) electrons. The molecular formula is C19H27N3O2. The molecule has 2 fully saturated rings. The smallest absolute Gasteiger partial charge is 0.317 e. The van der Waals surface area contributed by atoms with Gasteiger partial charge in [-0.05, 0) is 25.0 Å². The highest BCUT2D eigenvalue weighted by molar-refractivity contribution is 5.96. The fraction of sp³-hybridized carbons (Fsp3) is 0.579. The maximum absolute atomic E-state index is 12.5. The molecule has 24 heavy (non-hydrogen) atoms. The Kier molecular flexibility index (Phi) is 5.38. The number of anilines is 1. The summed E-state index contributed by atoms with van der Waals surface area (Å²) in [6, 6.07) is 9.82. The van der Waals surface area contributed by atoms with E-state index in [1.54, 1.807) is 4.90 Å². The highest BCUT2D eigenvalue weighted by Crippen LogP contribution is 2.23. The highest BCUT2D eigenvalue weighted by Gasteiger charge is 2.32. The van der Waals surface area contributed by atoms with Crippen molar-refractivity contribution in [3.05, 3.63) is 30.3 Å². The van der Waals surface area contributed by atoms with Gasteiger partial charge in [-0.3, -0.25) is 4.79 Å². The van der Waals surface area contributed by atoms with Crippen LogP contribution in [0.1, 0.15) is 44.9 Å². The van der Waals surface area contributed by atoms with Crippen LogP contribution in [0.5, 0.6) is 0 Å². The van der Waals surface area contributed by atoms with Crippen LogP contribution in [0.15, 0.2) is 30.3 Å². The van der Waals surface area contributed by atoms with E-state index in [0.29, 0.717) is 19.0 Å². The van der Waals surface area contributed by atoms with Gasteiger partial charge in [0.25, 0.3) is 0 Å². The summed E-state index contributed by atoms with van der Waals surface area (Å²) in [5.74, 6) is 0.0728. The maximum Gasteiger partial charge on any atom is 0.317 e. The van der Waals surface area contributed by atoms with E-state index >= 15 is 0 Å². The Bertz CT molecular complexity index is 567. The maximum atomic E-state index is 12.5. The van der Waals surface area contributed by atoms with Crippen molar-refractivity contribution < 1.29 is 9.59 Å². The lowest BCUT2D eigenvalue weighted by molar-refractivity contribution is -0.117. The van der Waals surface area contributed by atoms with Crippen molar-refractivity contribution >= 4 is 17.6 Å². The molecule has 1 N–H and O–H groups in total. The van der Waals surface area contributed by atoms with E-state index in [4.69, 9.17) is 0 Å². The summed E-state index contributed by atoms with van der Waals surface area (Å²) < 4.78 is 0. The zero-order valence-corrected chi connectivity index (χ0v) is 14.4. The number of amides is 3. The zero-order valence-electron chi connectivity index (χ0n) is 14.4. The van der Waals surface area contributed by atoms with E-state index < -0.39 is 0 Å². The van der Waals surface area contributed by atoms with Crippen molar-refractivity contribution in [3.63, 3.8) is 0 Å². The minimum atomic E-state index is -0.113. The Balaban J connectivity index is 1.56. The molecule has 3 rings (SSSR count). The van der Waals surface area contributed by atoms with Gasteiger partial charge in [-0.25, -0.2) is 4.79 Å². The summed E-state index contributed by atoms with van der Waals surface area (Å²) in [5.41, 5.74) is 0.899. The number of rotatable bonds is 3. The van der Waals surface area contributed by atoms with E-state index in [0.717, 1.165) is 18.5 Å². The molecule has 5 heteroatoms. The molecule has 1 aromatic carbocycles. The number of urea groups is 1. The third kappa shape index (κ3) is 3.89. The third-order valence-electron chi connectivity index (χ3n) is 5.21. The Morgan fingerprint density at radius 3 is 2.46 bits per heavy atom. The van der Waals surface area contributed by atoms with E-state index in [-0.39, 0.29) is 18.0 Å². The number of para-hydroxylation sites is 1. The average Bonchev–Trinajstić information content (AvgIpc) is 2.79. The molecule has 1 heterocycles. The number of hydrogen-bond donors (Lipinski definition) is 1. The Labute approximate surface area is 144 Å². The first kappa shape index (κ1) is 16.8. The summed E-state index contributed by atoms with van der Waals surface area (Å²) in [5, 5.41) is 3.05. The monoisotopic (exact) mass is 329 g/mol. The Hall–Kier alpha value is -2.04. The molecule has 0 spiro atoms. The first-order valence-electron chi connectivity index (χ1n) is 9.04. The molecule has 130 valence electrons. The average molecular weight is 329 g/mol. The number of carbonyl (C=O) groups is 2. The van der Waals surface area contributed by atoms with Crippen molar-refractivity contribution in [2.75, 3.05) is 18.5 Å². The first-order chi connectivity index (χ1) is 11.6. The highest BCUT2D eigenvalue weighted by atomic mass is 16.2. The minimum absolute atomic E-state index is 0.0467. The third-order valence-corrected chi connectivity index (χ3v) is 5.21. The molecule has 0 bridgehead atoms. The van der Waals surface area contributed by atoms with E-state index in [2.05, 4.69) is 5.32 Å². The SMILES string of the molecule is CN(C(=O)N[C@@H]1CC(=O)N(c2ccccc2)C1)C1CCCCCC1. The molecule has 0 aromatic heterocycles. The van der Waals surface area contributed by atoms with Gasteiger partial charge in [0.05, 0.1) is 6.04 Å². The summed E-state index contributed by atoms with van der Waals surface area (Å²) in [4.78, 5) is 28.4. The fourth-order valence-electron chi connectivity index (χ4n) is 3.75. The summed E-state index contributed by atoms with van der Waals surface area (Å²) in [6.07, 6.45) is 7.49. The number of carbonyl (C=O) groups excluding carboxylic acids is 2. The van der Waals surface area contributed by atoms with Gasteiger partial charge in [0.15, 0.2) is 0 Å². The van der Waals surface area contributed by atoms with Crippen LogP contribution < -0.4 is 10.2 Å². The number of nitrogens with zero attached hydrogens (tertiary/aromatic N) is 2. The molecule has 1 aliphatic carbocycles. The second-order valence-corrected chi connectivity index (χ2v) is 6.95. The molecule has 1 saturated heterocycles. The van der Waals surface area contributed by atoms with Gasteiger partial charge in [0, 0.05) is 31.7 Å². The molecule has 3 amide bonds. The number of hydrogen-bond acceptors (Lipinski definition) is 2. The van der Waals surface area contributed by atoms with E-state index in [1.165, 1.54) is 25.7 Å². The van der Waals surface area contributed by atoms with Crippen LogP contribution in [0.2, 0.25) is 0 Å². The van der Waals surface area contributed by atoms with Gasteiger partial charge >= 0.3 is 6.03 Å². The molecule has 2 aliphatic rings. The molecule has 0 unspecified atom stereocenters. The molecule has 5 nitrogen and oxygen atoms in total. The molecule has 1 atom stereocenters. The number of benzene rings is 1. The van der Waals surface area contributed by atoms with Crippen LogP contribution in [0.3, 0.4) is 0 Å². The van der Waals surface area contributed by atoms with Crippen LogP contribution >= 0.6 is 0 Å². The van der Waals surface area contributed by atoms with Crippen LogP contribution in [0, 0.1) is 0 Å².